The maximum atomic E-state index is 5.34. The van der Waals surface area contributed by atoms with Gasteiger partial charge in [-0.3, -0.25) is 0 Å². The van der Waals surface area contributed by atoms with Gasteiger partial charge in [-0.1, -0.05) is 30.3 Å². The zero-order chi connectivity index (χ0) is 8.39. The van der Waals surface area contributed by atoms with Crippen molar-refractivity contribution in [1.82, 2.24) is 4.98 Å². The van der Waals surface area contributed by atoms with Crippen molar-refractivity contribution in [3.8, 4) is 11.3 Å². The molecule has 0 radical (unpaired) electrons. The second-order valence-corrected chi connectivity index (χ2v) is 2.43. The zero-order valence-corrected chi connectivity index (χ0v) is 7.62. The van der Waals surface area contributed by atoms with Gasteiger partial charge in [-0.15, -0.1) is 12.4 Å². The van der Waals surface area contributed by atoms with Crippen LogP contribution in [0.1, 0.15) is 0 Å². The number of hydrogen-bond acceptors (Lipinski definition) is 3. The number of benzene rings is 1. The Morgan fingerprint density at radius 3 is 2.38 bits per heavy atom. The van der Waals surface area contributed by atoms with E-state index in [-0.39, 0.29) is 18.4 Å². The van der Waals surface area contributed by atoms with Gasteiger partial charge in [-0.05, 0) is 0 Å². The molecule has 3 nitrogen and oxygen atoms in total. The fourth-order valence-electron chi connectivity index (χ4n) is 1.02. The van der Waals surface area contributed by atoms with Gasteiger partial charge in [0.05, 0.1) is 6.20 Å². The third-order valence-corrected chi connectivity index (χ3v) is 1.58. The van der Waals surface area contributed by atoms with E-state index in [0.29, 0.717) is 5.76 Å². The maximum absolute atomic E-state index is 5.34. The normalized spacial score (nSPS) is 9.23. The number of halogens is 1. The molecule has 2 rings (SSSR count). The van der Waals surface area contributed by atoms with E-state index in [1.807, 2.05) is 30.3 Å². The number of oxazole rings is 1. The molecule has 0 saturated heterocycles. The molecule has 0 bridgehead atoms. The van der Waals surface area contributed by atoms with Gasteiger partial charge in [0.25, 0.3) is 6.01 Å². The first kappa shape index (κ1) is 9.61. The number of nitrogens with two attached hydrogens (primary N) is 1. The maximum Gasteiger partial charge on any atom is 0.292 e. The number of nitrogen functional groups attached to an aromatic ring is 1. The van der Waals surface area contributed by atoms with Crippen LogP contribution in [-0.4, -0.2) is 4.98 Å². The van der Waals surface area contributed by atoms with E-state index in [9.17, 15) is 0 Å². The Morgan fingerprint density at radius 2 is 1.85 bits per heavy atom. The quantitative estimate of drug-likeness (QED) is 0.762. The van der Waals surface area contributed by atoms with Crippen molar-refractivity contribution in [3.63, 3.8) is 0 Å². The lowest BCUT2D eigenvalue weighted by Gasteiger charge is -1.92. The van der Waals surface area contributed by atoms with Crippen LogP contribution in [-0.2, 0) is 0 Å². The molecule has 0 saturated carbocycles. The highest BCUT2D eigenvalue weighted by molar-refractivity contribution is 5.85. The smallest absolute Gasteiger partial charge is 0.292 e. The van der Waals surface area contributed by atoms with Gasteiger partial charge < -0.3 is 10.2 Å². The Kier molecular flexibility index (Phi) is 2.93. The molecule has 0 spiro atoms. The van der Waals surface area contributed by atoms with Crippen LogP contribution in [0.25, 0.3) is 11.3 Å². The third kappa shape index (κ3) is 2.00. The number of anilines is 1. The van der Waals surface area contributed by atoms with E-state index in [1.165, 1.54) is 0 Å². The summed E-state index contributed by atoms with van der Waals surface area (Å²) in [6.07, 6.45) is 1.62. The molecule has 13 heavy (non-hydrogen) atoms. The van der Waals surface area contributed by atoms with E-state index in [0.717, 1.165) is 5.56 Å². The fraction of sp³-hybridized carbons (Fsp3) is 0. The van der Waals surface area contributed by atoms with E-state index in [1.54, 1.807) is 6.20 Å². The van der Waals surface area contributed by atoms with Gasteiger partial charge >= 0.3 is 0 Å². The summed E-state index contributed by atoms with van der Waals surface area (Å²) >= 11 is 0. The number of nitrogens with zero attached hydrogens (tertiary/aromatic N) is 1. The summed E-state index contributed by atoms with van der Waals surface area (Å²) in [6.45, 7) is 0. The van der Waals surface area contributed by atoms with Crippen LogP contribution < -0.4 is 5.73 Å². The standard InChI is InChI=1S/C9H8N2O.ClH/c10-9-11-6-8(12-9)7-4-2-1-3-5-7;/h1-6H,(H2,10,11);1H. The molecule has 2 N–H and O–H groups in total. The summed E-state index contributed by atoms with van der Waals surface area (Å²) in [4.78, 5) is 3.80. The first-order chi connectivity index (χ1) is 5.86. The van der Waals surface area contributed by atoms with Gasteiger partial charge in [-0.2, -0.15) is 0 Å². The average Bonchev–Trinajstić information content (AvgIpc) is 2.54. The highest BCUT2D eigenvalue weighted by atomic mass is 35.5. The van der Waals surface area contributed by atoms with Crippen LogP contribution in [0, 0.1) is 0 Å². The van der Waals surface area contributed by atoms with E-state index in [2.05, 4.69) is 4.98 Å². The van der Waals surface area contributed by atoms with Crippen LogP contribution in [0.3, 0.4) is 0 Å². The minimum absolute atomic E-state index is 0. The Labute approximate surface area is 82.0 Å². The third-order valence-electron chi connectivity index (χ3n) is 1.58. The molecular weight excluding hydrogens is 188 g/mol. The summed E-state index contributed by atoms with van der Waals surface area (Å²) in [5.41, 5.74) is 6.33. The monoisotopic (exact) mass is 196 g/mol. The number of aromatic nitrogens is 1. The van der Waals surface area contributed by atoms with Crippen molar-refractivity contribution >= 4 is 18.4 Å². The second-order valence-electron chi connectivity index (χ2n) is 2.43. The molecule has 0 amide bonds. The lowest BCUT2D eigenvalue weighted by molar-refractivity contribution is 0.595. The van der Waals surface area contributed by atoms with Gasteiger partial charge in [0.1, 0.15) is 0 Å². The molecular formula is C9H9ClN2O. The summed E-state index contributed by atoms with van der Waals surface area (Å²) < 4.78 is 5.14. The summed E-state index contributed by atoms with van der Waals surface area (Å²) in [5, 5.41) is 0. The van der Waals surface area contributed by atoms with Gasteiger partial charge in [0.15, 0.2) is 5.76 Å². The summed E-state index contributed by atoms with van der Waals surface area (Å²) in [6, 6.07) is 9.92. The highest BCUT2D eigenvalue weighted by Crippen LogP contribution is 2.19. The molecule has 0 aliphatic rings. The Hall–Kier alpha value is -1.48. The van der Waals surface area contributed by atoms with Crippen molar-refractivity contribution < 1.29 is 4.42 Å². The molecule has 1 heterocycles. The first-order valence-electron chi connectivity index (χ1n) is 3.63. The predicted octanol–water partition coefficient (Wildman–Crippen LogP) is 2.35. The van der Waals surface area contributed by atoms with Crippen LogP contribution in [0.5, 0.6) is 0 Å². The van der Waals surface area contributed by atoms with Gasteiger partial charge in [-0.25, -0.2) is 4.98 Å². The molecule has 0 fully saturated rings. The van der Waals surface area contributed by atoms with Crippen molar-refractivity contribution in [2.75, 3.05) is 5.73 Å². The first-order valence-corrected chi connectivity index (χ1v) is 3.63. The van der Waals surface area contributed by atoms with Crippen molar-refractivity contribution in [2.24, 2.45) is 0 Å². The Bertz CT molecular complexity index is 372. The van der Waals surface area contributed by atoms with E-state index >= 15 is 0 Å². The van der Waals surface area contributed by atoms with Gasteiger partial charge in [0, 0.05) is 5.56 Å². The minimum Gasteiger partial charge on any atom is -0.424 e. The van der Waals surface area contributed by atoms with E-state index in [4.69, 9.17) is 10.2 Å². The summed E-state index contributed by atoms with van der Waals surface area (Å²) in [7, 11) is 0. The lowest BCUT2D eigenvalue weighted by atomic mass is 10.2. The molecule has 0 atom stereocenters. The zero-order valence-electron chi connectivity index (χ0n) is 6.81. The molecule has 2 aromatic rings. The molecule has 0 unspecified atom stereocenters. The molecule has 1 aromatic heterocycles. The van der Waals surface area contributed by atoms with Crippen LogP contribution in [0.15, 0.2) is 40.9 Å². The number of hydrogen-bond donors (Lipinski definition) is 1. The topological polar surface area (TPSA) is 52.0 Å². The SMILES string of the molecule is Cl.Nc1ncc(-c2ccccc2)o1. The van der Waals surface area contributed by atoms with Crippen LogP contribution in [0.4, 0.5) is 6.01 Å². The van der Waals surface area contributed by atoms with Crippen molar-refractivity contribution in [3.05, 3.63) is 36.5 Å². The molecule has 1 aromatic carbocycles. The fourth-order valence-corrected chi connectivity index (χ4v) is 1.02. The Morgan fingerprint density at radius 1 is 1.15 bits per heavy atom. The molecule has 4 heteroatoms. The van der Waals surface area contributed by atoms with Crippen LogP contribution >= 0.6 is 12.4 Å². The van der Waals surface area contributed by atoms with Crippen LogP contribution in [0.2, 0.25) is 0 Å². The largest absolute Gasteiger partial charge is 0.424 e. The minimum atomic E-state index is 0. The average molecular weight is 197 g/mol. The molecule has 68 valence electrons. The highest BCUT2D eigenvalue weighted by Gasteiger charge is 2.01. The predicted molar refractivity (Wildman–Crippen MR) is 53.6 cm³/mol. The molecule has 0 aliphatic carbocycles. The second kappa shape index (κ2) is 3.96. The van der Waals surface area contributed by atoms with Crippen molar-refractivity contribution in [2.45, 2.75) is 0 Å². The summed E-state index contributed by atoms with van der Waals surface area (Å²) in [5.74, 6) is 0.702. The lowest BCUT2D eigenvalue weighted by Crippen LogP contribution is -1.79. The molecule has 0 aliphatic heterocycles. The van der Waals surface area contributed by atoms with E-state index < -0.39 is 0 Å². The Balaban J connectivity index is 0.000000845. The number of rotatable bonds is 1. The van der Waals surface area contributed by atoms with Crippen molar-refractivity contribution in [1.29, 1.82) is 0 Å². The van der Waals surface area contributed by atoms with Gasteiger partial charge in [0.2, 0.25) is 0 Å².